The lowest BCUT2D eigenvalue weighted by molar-refractivity contribution is -0.123. The first-order valence-electron chi connectivity index (χ1n) is 13.3. The Kier molecular flexibility index (Phi) is 7.89. The molecule has 0 saturated heterocycles. The van der Waals surface area contributed by atoms with Crippen LogP contribution >= 0.6 is 11.8 Å². The predicted octanol–water partition coefficient (Wildman–Crippen LogP) is 6.10. The average Bonchev–Trinajstić information content (AvgIpc) is 3.25. The van der Waals surface area contributed by atoms with Crippen molar-refractivity contribution in [1.82, 2.24) is 15.1 Å². The van der Waals surface area contributed by atoms with E-state index in [1.165, 1.54) is 0 Å². The van der Waals surface area contributed by atoms with E-state index in [2.05, 4.69) is 56.4 Å². The summed E-state index contributed by atoms with van der Waals surface area (Å²) in [6.07, 6.45) is 0. The number of hydrogen-bond acceptors (Lipinski definition) is 4. The molecule has 5 rings (SSSR count). The molecule has 200 valence electrons. The van der Waals surface area contributed by atoms with Gasteiger partial charge in [0.05, 0.1) is 22.4 Å². The van der Waals surface area contributed by atoms with Gasteiger partial charge in [0.1, 0.15) is 12.4 Å². The highest BCUT2D eigenvalue weighted by Gasteiger charge is 2.37. The number of aryl methyl sites for hydroxylation is 2. The summed E-state index contributed by atoms with van der Waals surface area (Å²) >= 11 is 1.59. The summed E-state index contributed by atoms with van der Waals surface area (Å²) in [6.45, 7) is 8.72. The van der Waals surface area contributed by atoms with Crippen molar-refractivity contribution in [2.45, 2.75) is 32.9 Å². The number of carbonyl (C=O) groups excluding carboxylic acids is 2. The Bertz CT molecular complexity index is 1500. The number of aromatic nitrogens is 2. The highest BCUT2D eigenvalue weighted by atomic mass is 32.2. The quantitative estimate of drug-likeness (QED) is 0.309. The maximum absolute atomic E-state index is 13.8. The zero-order valence-electron chi connectivity index (χ0n) is 22.8. The van der Waals surface area contributed by atoms with Crippen LogP contribution in [0.15, 0.2) is 78.9 Å². The molecule has 39 heavy (non-hydrogen) atoms. The van der Waals surface area contributed by atoms with Gasteiger partial charge >= 0.3 is 0 Å². The molecule has 1 aromatic heterocycles. The van der Waals surface area contributed by atoms with E-state index < -0.39 is 0 Å². The molecule has 1 N–H and O–H groups in total. The molecule has 0 aliphatic carbocycles. The molecule has 0 bridgehead atoms. The molecule has 4 aromatic rings. The van der Waals surface area contributed by atoms with Crippen LogP contribution in [0, 0.1) is 19.8 Å². The zero-order chi connectivity index (χ0) is 27.5. The highest BCUT2D eigenvalue weighted by Crippen LogP contribution is 2.48. The fourth-order valence-corrected chi connectivity index (χ4v) is 6.07. The van der Waals surface area contributed by atoms with Crippen molar-refractivity contribution in [3.8, 4) is 16.9 Å². The maximum atomic E-state index is 13.8. The normalized spacial score (nSPS) is 15.3. The largest absolute Gasteiger partial charge is 0.354 e. The summed E-state index contributed by atoms with van der Waals surface area (Å²) in [5, 5.41) is 8.01. The van der Waals surface area contributed by atoms with Crippen LogP contribution in [-0.4, -0.2) is 40.4 Å². The van der Waals surface area contributed by atoms with Crippen molar-refractivity contribution in [3.63, 3.8) is 0 Å². The van der Waals surface area contributed by atoms with Gasteiger partial charge in [0.25, 0.3) is 0 Å². The van der Waals surface area contributed by atoms with Gasteiger partial charge in [0.2, 0.25) is 11.8 Å². The Morgan fingerprint density at radius 1 is 1.00 bits per heavy atom. The Balaban J connectivity index is 1.77. The van der Waals surface area contributed by atoms with Gasteiger partial charge in [-0.2, -0.15) is 5.10 Å². The number of carbonyl (C=O) groups is 2. The molecular formula is C32H34N4O2S. The maximum Gasteiger partial charge on any atom is 0.240 e. The monoisotopic (exact) mass is 538 g/mol. The van der Waals surface area contributed by atoms with Crippen molar-refractivity contribution >= 4 is 29.4 Å². The first kappa shape index (κ1) is 26.8. The second-order valence-corrected chi connectivity index (χ2v) is 11.6. The van der Waals surface area contributed by atoms with E-state index in [1.807, 2.05) is 60.1 Å². The van der Waals surface area contributed by atoms with Crippen molar-refractivity contribution in [2.24, 2.45) is 5.92 Å². The number of hydrogen-bond donors (Lipinski definition) is 1. The number of thioether (sulfide) groups is 1. The van der Waals surface area contributed by atoms with Gasteiger partial charge in [0, 0.05) is 17.7 Å². The van der Waals surface area contributed by atoms with E-state index >= 15 is 0 Å². The van der Waals surface area contributed by atoms with Gasteiger partial charge in [-0.15, -0.1) is 11.8 Å². The third kappa shape index (κ3) is 5.78. The van der Waals surface area contributed by atoms with Crippen molar-refractivity contribution in [3.05, 3.63) is 101 Å². The molecule has 2 amide bonds. The van der Waals surface area contributed by atoms with Crippen LogP contribution in [0.4, 0.5) is 5.82 Å². The number of benzene rings is 3. The van der Waals surface area contributed by atoms with Crippen LogP contribution in [0.3, 0.4) is 0 Å². The fourth-order valence-electron chi connectivity index (χ4n) is 4.88. The minimum absolute atomic E-state index is 0.0641. The topological polar surface area (TPSA) is 67.2 Å². The second kappa shape index (κ2) is 11.5. The molecule has 6 nitrogen and oxygen atoms in total. The van der Waals surface area contributed by atoms with Gasteiger partial charge < -0.3 is 5.32 Å². The molecular weight excluding hydrogens is 504 g/mol. The minimum Gasteiger partial charge on any atom is -0.354 e. The summed E-state index contributed by atoms with van der Waals surface area (Å²) in [7, 11) is 0. The Morgan fingerprint density at radius 3 is 2.41 bits per heavy atom. The van der Waals surface area contributed by atoms with E-state index in [0.29, 0.717) is 18.3 Å². The van der Waals surface area contributed by atoms with Crippen LogP contribution < -0.4 is 10.2 Å². The lowest BCUT2D eigenvalue weighted by atomic mass is 9.98. The fraction of sp³-hybridized carbons (Fsp3) is 0.281. The first-order valence-corrected chi connectivity index (χ1v) is 14.4. The van der Waals surface area contributed by atoms with E-state index in [1.54, 1.807) is 16.7 Å². The van der Waals surface area contributed by atoms with Gasteiger partial charge in [-0.05, 0) is 43.0 Å². The molecule has 0 spiro atoms. The summed E-state index contributed by atoms with van der Waals surface area (Å²) in [5.41, 5.74) is 6.93. The first-order chi connectivity index (χ1) is 18.8. The van der Waals surface area contributed by atoms with Crippen LogP contribution in [0.25, 0.3) is 16.9 Å². The van der Waals surface area contributed by atoms with Crippen molar-refractivity contribution < 1.29 is 9.59 Å². The molecule has 0 fully saturated rings. The number of rotatable bonds is 7. The van der Waals surface area contributed by atoms with Crippen LogP contribution in [0.2, 0.25) is 0 Å². The lowest BCUT2D eigenvalue weighted by Crippen LogP contribution is -2.43. The SMILES string of the molecule is Cc1cccc([C@H]2SCC(=O)N(CC(=O)NCC(C)C)c3c2c(-c2ccccc2)nn3-c2cccc(C)c2)c1. The Hall–Kier alpha value is -3.84. The summed E-state index contributed by atoms with van der Waals surface area (Å²) < 4.78 is 1.85. The number of fused-ring (bicyclic) bond motifs is 1. The highest BCUT2D eigenvalue weighted by molar-refractivity contribution is 8.00. The predicted molar refractivity (Wildman–Crippen MR) is 159 cm³/mol. The van der Waals surface area contributed by atoms with Gasteiger partial charge in [-0.25, -0.2) is 4.68 Å². The molecule has 0 saturated carbocycles. The molecule has 0 radical (unpaired) electrons. The molecule has 1 atom stereocenters. The van der Waals surface area contributed by atoms with Gasteiger partial charge in [0.15, 0.2) is 0 Å². The molecule has 1 aliphatic heterocycles. The van der Waals surface area contributed by atoms with E-state index in [9.17, 15) is 9.59 Å². The molecule has 2 heterocycles. The zero-order valence-corrected chi connectivity index (χ0v) is 23.7. The Labute approximate surface area is 234 Å². The van der Waals surface area contributed by atoms with E-state index in [4.69, 9.17) is 5.10 Å². The van der Waals surface area contributed by atoms with Crippen molar-refractivity contribution in [2.75, 3.05) is 23.7 Å². The van der Waals surface area contributed by atoms with Crippen LogP contribution in [0.1, 0.15) is 41.4 Å². The molecule has 0 unspecified atom stereocenters. The average molecular weight is 539 g/mol. The lowest BCUT2D eigenvalue weighted by Gasteiger charge is -2.23. The molecule has 7 heteroatoms. The minimum atomic E-state index is -0.180. The number of nitrogens with one attached hydrogen (secondary N) is 1. The van der Waals surface area contributed by atoms with Crippen LogP contribution in [-0.2, 0) is 9.59 Å². The van der Waals surface area contributed by atoms with Crippen molar-refractivity contribution in [1.29, 1.82) is 0 Å². The Morgan fingerprint density at radius 2 is 1.72 bits per heavy atom. The molecule has 1 aliphatic rings. The number of amides is 2. The third-order valence-electron chi connectivity index (χ3n) is 6.74. The number of anilines is 1. The van der Waals surface area contributed by atoms with Gasteiger partial charge in [-0.3, -0.25) is 14.5 Å². The second-order valence-electron chi connectivity index (χ2n) is 10.5. The summed E-state index contributed by atoms with van der Waals surface area (Å²) in [5.74, 6) is 0.936. The smallest absolute Gasteiger partial charge is 0.240 e. The summed E-state index contributed by atoms with van der Waals surface area (Å²) in [6, 6.07) is 26.6. The van der Waals surface area contributed by atoms with E-state index in [0.717, 1.165) is 39.2 Å². The third-order valence-corrected chi connectivity index (χ3v) is 7.99. The number of nitrogens with zero attached hydrogens (tertiary/aromatic N) is 3. The van der Waals surface area contributed by atoms with Crippen LogP contribution in [0.5, 0.6) is 0 Å². The van der Waals surface area contributed by atoms with Gasteiger partial charge in [-0.1, -0.05) is 86.1 Å². The standard InChI is InChI=1S/C32H34N4O2S/c1-21(2)18-33-27(37)19-35-28(38)20-39-31(25-14-8-10-22(3)16-25)29-30(24-12-6-5-7-13-24)34-36(32(29)35)26-15-9-11-23(4)17-26/h5-17,21,31H,18-20H2,1-4H3,(H,33,37)/t31-/m1/s1. The summed E-state index contributed by atoms with van der Waals surface area (Å²) in [4.78, 5) is 28.5. The molecule has 3 aromatic carbocycles. The van der Waals surface area contributed by atoms with E-state index in [-0.39, 0.29) is 29.4 Å².